The summed E-state index contributed by atoms with van der Waals surface area (Å²) < 4.78 is 46.7. The van der Waals surface area contributed by atoms with Crippen molar-refractivity contribution in [2.75, 3.05) is 30.9 Å². The number of hydrogen-bond acceptors (Lipinski definition) is 4. The Morgan fingerprint density at radius 1 is 1.12 bits per heavy atom. The lowest BCUT2D eigenvalue weighted by molar-refractivity contribution is 0.351. The molecule has 0 atom stereocenters. The van der Waals surface area contributed by atoms with Crippen LogP contribution in [0.15, 0.2) is 0 Å². The second kappa shape index (κ2) is 5.20. The first kappa shape index (κ1) is 14.2. The zero-order valence-corrected chi connectivity index (χ0v) is 11.5. The lowest BCUT2D eigenvalue weighted by atomic mass is 10.2. The first-order valence-corrected chi connectivity index (χ1v) is 9.11. The Labute approximate surface area is 102 Å². The van der Waals surface area contributed by atoms with Crippen LogP contribution in [-0.4, -0.2) is 57.4 Å². The van der Waals surface area contributed by atoms with E-state index in [0.717, 1.165) is 6.26 Å². The minimum Gasteiger partial charge on any atom is -0.229 e. The summed E-state index contributed by atoms with van der Waals surface area (Å²) in [5, 5.41) is 0.0290. The number of sulfonamides is 1. The van der Waals surface area contributed by atoms with Crippen molar-refractivity contribution in [1.82, 2.24) is 4.31 Å². The maximum Gasteiger partial charge on any atom is 0.215 e. The van der Waals surface area contributed by atoms with Gasteiger partial charge in [-0.1, -0.05) is 0 Å². The van der Waals surface area contributed by atoms with Crippen LogP contribution in [0, 0.1) is 0 Å². The molecule has 1 aliphatic heterocycles. The van der Waals surface area contributed by atoms with Crippen LogP contribution >= 0.6 is 11.6 Å². The Morgan fingerprint density at radius 3 is 2.06 bits per heavy atom. The van der Waals surface area contributed by atoms with Crippen molar-refractivity contribution < 1.29 is 16.8 Å². The van der Waals surface area contributed by atoms with Gasteiger partial charge < -0.3 is 0 Å². The topological polar surface area (TPSA) is 71.5 Å². The van der Waals surface area contributed by atoms with Gasteiger partial charge in [-0.15, -0.1) is 11.6 Å². The molecule has 8 heteroatoms. The third-order valence-corrected chi connectivity index (χ3v) is 6.00. The van der Waals surface area contributed by atoms with Gasteiger partial charge in [0.15, 0.2) is 0 Å². The SMILES string of the molecule is CS(=O)(=O)CCS(=O)(=O)N1CCC(Cl)CC1. The van der Waals surface area contributed by atoms with Gasteiger partial charge in [0, 0.05) is 24.7 Å². The number of piperidine rings is 1. The summed E-state index contributed by atoms with van der Waals surface area (Å²) in [6, 6.07) is 0. The second-order valence-corrected chi connectivity index (χ2v) is 8.99. The van der Waals surface area contributed by atoms with E-state index in [1.807, 2.05) is 0 Å². The van der Waals surface area contributed by atoms with E-state index in [0.29, 0.717) is 25.9 Å². The molecule has 1 rings (SSSR count). The molecule has 1 heterocycles. The van der Waals surface area contributed by atoms with Crippen LogP contribution in [0.4, 0.5) is 0 Å². The van der Waals surface area contributed by atoms with Crippen LogP contribution in [0.5, 0.6) is 0 Å². The molecule has 5 nitrogen and oxygen atoms in total. The van der Waals surface area contributed by atoms with Gasteiger partial charge >= 0.3 is 0 Å². The molecule has 96 valence electrons. The predicted molar refractivity (Wildman–Crippen MR) is 63.9 cm³/mol. The van der Waals surface area contributed by atoms with Crippen molar-refractivity contribution in [1.29, 1.82) is 0 Å². The largest absolute Gasteiger partial charge is 0.229 e. The lowest BCUT2D eigenvalue weighted by Gasteiger charge is -2.28. The molecular formula is C8H16ClNO4S2. The number of alkyl halides is 1. The number of rotatable bonds is 4. The zero-order valence-electron chi connectivity index (χ0n) is 9.09. The van der Waals surface area contributed by atoms with E-state index in [9.17, 15) is 16.8 Å². The second-order valence-electron chi connectivity index (χ2n) is 4.02. The Balaban J connectivity index is 2.58. The average Bonchev–Trinajstić information content (AvgIpc) is 2.15. The standard InChI is InChI=1S/C8H16ClNO4S2/c1-15(11,12)6-7-16(13,14)10-4-2-8(9)3-5-10/h8H,2-7H2,1H3. The quantitative estimate of drug-likeness (QED) is 0.687. The van der Waals surface area contributed by atoms with Crippen LogP contribution in [0.2, 0.25) is 0 Å². The Morgan fingerprint density at radius 2 is 1.62 bits per heavy atom. The first-order valence-electron chi connectivity index (χ1n) is 5.00. The Bertz CT molecular complexity index is 423. The normalized spacial score (nSPS) is 21.1. The molecule has 0 unspecified atom stereocenters. The molecule has 16 heavy (non-hydrogen) atoms. The summed E-state index contributed by atoms with van der Waals surface area (Å²) in [5.41, 5.74) is 0. The molecule has 1 saturated heterocycles. The van der Waals surface area contributed by atoms with Gasteiger partial charge in [0.2, 0.25) is 10.0 Å². The van der Waals surface area contributed by atoms with E-state index >= 15 is 0 Å². The van der Waals surface area contributed by atoms with Crippen molar-refractivity contribution in [3.63, 3.8) is 0 Å². The van der Waals surface area contributed by atoms with Crippen molar-refractivity contribution in [2.24, 2.45) is 0 Å². The van der Waals surface area contributed by atoms with Gasteiger partial charge in [0.05, 0.1) is 11.5 Å². The monoisotopic (exact) mass is 289 g/mol. The number of halogens is 1. The summed E-state index contributed by atoms with van der Waals surface area (Å²) in [5.74, 6) is -0.658. The molecule has 0 N–H and O–H groups in total. The van der Waals surface area contributed by atoms with Gasteiger partial charge in [-0.2, -0.15) is 0 Å². The molecule has 0 saturated carbocycles. The molecule has 0 aromatic carbocycles. The lowest BCUT2D eigenvalue weighted by Crippen LogP contribution is -2.41. The molecule has 0 aliphatic carbocycles. The molecule has 0 amide bonds. The molecule has 0 spiro atoms. The molecule has 0 radical (unpaired) electrons. The van der Waals surface area contributed by atoms with Crippen molar-refractivity contribution in [3.8, 4) is 0 Å². The summed E-state index contributed by atoms with van der Waals surface area (Å²) >= 11 is 5.86. The Kier molecular flexibility index (Phi) is 4.62. The van der Waals surface area contributed by atoms with Crippen LogP contribution in [0.3, 0.4) is 0 Å². The predicted octanol–water partition coefficient (Wildman–Crippen LogP) is 0.0640. The number of hydrogen-bond donors (Lipinski definition) is 0. The maximum atomic E-state index is 11.8. The smallest absolute Gasteiger partial charge is 0.215 e. The van der Waals surface area contributed by atoms with Crippen molar-refractivity contribution in [2.45, 2.75) is 18.2 Å². The molecule has 0 aromatic rings. The molecule has 1 aliphatic rings. The van der Waals surface area contributed by atoms with Crippen LogP contribution < -0.4 is 0 Å². The fraction of sp³-hybridized carbons (Fsp3) is 1.00. The van der Waals surface area contributed by atoms with Gasteiger partial charge in [-0.05, 0) is 12.8 Å². The number of nitrogens with zero attached hydrogens (tertiary/aromatic N) is 1. The van der Waals surface area contributed by atoms with E-state index in [2.05, 4.69) is 0 Å². The van der Waals surface area contributed by atoms with Gasteiger partial charge in [-0.25, -0.2) is 21.1 Å². The van der Waals surface area contributed by atoms with E-state index in [1.165, 1.54) is 4.31 Å². The fourth-order valence-electron chi connectivity index (χ4n) is 1.49. The highest BCUT2D eigenvalue weighted by Crippen LogP contribution is 2.18. The van der Waals surface area contributed by atoms with Crippen LogP contribution in [0.25, 0.3) is 0 Å². The third kappa shape index (κ3) is 4.57. The highest BCUT2D eigenvalue weighted by molar-refractivity contribution is 7.93. The molecular weight excluding hydrogens is 274 g/mol. The molecule has 1 fully saturated rings. The summed E-state index contributed by atoms with van der Waals surface area (Å²) in [7, 11) is -6.68. The van der Waals surface area contributed by atoms with Gasteiger partial charge in [0.25, 0.3) is 0 Å². The third-order valence-electron chi connectivity index (χ3n) is 2.49. The maximum absolute atomic E-state index is 11.8. The van der Waals surface area contributed by atoms with E-state index in [1.54, 1.807) is 0 Å². The van der Waals surface area contributed by atoms with Crippen LogP contribution in [0.1, 0.15) is 12.8 Å². The van der Waals surface area contributed by atoms with Crippen LogP contribution in [-0.2, 0) is 19.9 Å². The molecule has 0 aromatic heterocycles. The minimum atomic E-state index is -3.44. The number of sulfone groups is 1. The van der Waals surface area contributed by atoms with E-state index in [-0.39, 0.29) is 16.9 Å². The first-order chi connectivity index (χ1) is 7.21. The van der Waals surface area contributed by atoms with E-state index in [4.69, 9.17) is 11.6 Å². The zero-order chi connectivity index (χ0) is 12.4. The highest BCUT2D eigenvalue weighted by atomic mass is 35.5. The summed E-state index contributed by atoms with van der Waals surface area (Å²) in [6.45, 7) is 0.778. The van der Waals surface area contributed by atoms with Gasteiger partial charge in [-0.3, -0.25) is 0 Å². The van der Waals surface area contributed by atoms with Crippen molar-refractivity contribution >= 4 is 31.5 Å². The summed E-state index contributed by atoms with van der Waals surface area (Å²) in [6.07, 6.45) is 2.28. The summed E-state index contributed by atoms with van der Waals surface area (Å²) in [4.78, 5) is 0. The molecule has 0 bridgehead atoms. The average molecular weight is 290 g/mol. The van der Waals surface area contributed by atoms with Crippen molar-refractivity contribution in [3.05, 3.63) is 0 Å². The highest BCUT2D eigenvalue weighted by Gasteiger charge is 2.27. The minimum absolute atomic E-state index is 0.0290. The van der Waals surface area contributed by atoms with E-state index < -0.39 is 19.9 Å². The Hall–Kier alpha value is 0.150. The van der Waals surface area contributed by atoms with Gasteiger partial charge in [0.1, 0.15) is 9.84 Å². The fourth-order valence-corrected chi connectivity index (χ4v) is 4.76.